The minimum absolute atomic E-state index is 0.0857. The zero-order valence-electron chi connectivity index (χ0n) is 10.8. The second-order valence-corrected chi connectivity index (χ2v) is 4.59. The lowest BCUT2D eigenvalue weighted by Crippen LogP contribution is -2.07. The van der Waals surface area contributed by atoms with Crippen LogP contribution in [-0.4, -0.2) is 14.5 Å². The van der Waals surface area contributed by atoms with Gasteiger partial charge in [-0.25, -0.2) is 18.7 Å². The largest absolute Gasteiger partial charge is 0.369 e. The SMILES string of the molecule is Cc1ccc2nc(N)n(Cc3cc(F)ccc3F)c2n1. The number of fused-ring (bicyclic) bond motifs is 1. The van der Waals surface area contributed by atoms with Crippen LogP contribution in [0, 0.1) is 18.6 Å². The molecule has 0 saturated heterocycles. The molecule has 0 spiro atoms. The Morgan fingerprint density at radius 3 is 2.75 bits per heavy atom. The van der Waals surface area contributed by atoms with Gasteiger partial charge in [-0.05, 0) is 37.3 Å². The first-order chi connectivity index (χ1) is 9.54. The molecule has 0 aliphatic rings. The molecule has 0 aliphatic carbocycles. The van der Waals surface area contributed by atoms with Crippen LogP contribution in [0.4, 0.5) is 14.7 Å². The molecule has 0 fully saturated rings. The number of aromatic nitrogens is 3. The maximum Gasteiger partial charge on any atom is 0.202 e. The Balaban J connectivity index is 2.12. The molecule has 2 heterocycles. The van der Waals surface area contributed by atoms with E-state index in [1.807, 2.05) is 13.0 Å². The van der Waals surface area contributed by atoms with E-state index in [2.05, 4.69) is 9.97 Å². The molecule has 6 heteroatoms. The van der Waals surface area contributed by atoms with Gasteiger partial charge in [0.1, 0.15) is 17.2 Å². The minimum atomic E-state index is -0.492. The molecule has 3 rings (SSSR count). The fourth-order valence-corrected chi connectivity index (χ4v) is 2.10. The van der Waals surface area contributed by atoms with Crippen molar-refractivity contribution in [3.8, 4) is 0 Å². The van der Waals surface area contributed by atoms with E-state index in [0.717, 1.165) is 23.9 Å². The highest BCUT2D eigenvalue weighted by molar-refractivity contribution is 5.74. The van der Waals surface area contributed by atoms with E-state index in [1.165, 1.54) is 0 Å². The summed E-state index contributed by atoms with van der Waals surface area (Å²) in [6.45, 7) is 1.93. The molecule has 3 aromatic rings. The standard InChI is InChI=1S/C14H12F2N4/c1-8-2-5-12-13(18-8)20(14(17)19-12)7-9-6-10(15)3-4-11(9)16/h2-6H,7H2,1H3,(H2,17,19). The van der Waals surface area contributed by atoms with Crippen LogP contribution >= 0.6 is 0 Å². The number of nitrogen functional groups attached to an aromatic ring is 1. The summed E-state index contributed by atoms with van der Waals surface area (Å²) in [5.74, 6) is -0.754. The second kappa shape index (κ2) is 4.56. The summed E-state index contributed by atoms with van der Waals surface area (Å²) < 4.78 is 28.5. The van der Waals surface area contributed by atoms with Crippen molar-refractivity contribution >= 4 is 17.1 Å². The summed E-state index contributed by atoms with van der Waals surface area (Å²) in [6.07, 6.45) is 0. The Kier molecular flexibility index (Phi) is 2.85. The normalized spacial score (nSPS) is 11.2. The van der Waals surface area contributed by atoms with Crippen LogP contribution in [0.2, 0.25) is 0 Å². The summed E-state index contributed by atoms with van der Waals surface area (Å²) in [6, 6.07) is 6.94. The molecule has 0 saturated carbocycles. The maximum absolute atomic E-state index is 13.7. The molecule has 0 bridgehead atoms. The van der Waals surface area contributed by atoms with Crippen LogP contribution in [0.3, 0.4) is 0 Å². The van der Waals surface area contributed by atoms with Gasteiger partial charge in [0.15, 0.2) is 5.65 Å². The Bertz CT molecular complexity index is 795. The van der Waals surface area contributed by atoms with Crippen molar-refractivity contribution in [1.29, 1.82) is 0 Å². The zero-order valence-corrected chi connectivity index (χ0v) is 10.8. The van der Waals surface area contributed by atoms with Gasteiger partial charge in [-0.2, -0.15) is 0 Å². The highest BCUT2D eigenvalue weighted by Gasteiger charge is 2.12. The maximum atomic E-state index is 13.7. The monoisotopic (exact) mass is 274 g/mol. The van der Waals surface area contributed by atoms with E-state index in [4.69, 9.17) is 5.73 Å². The number of hydrogen-bond acceptors (Lipinski definition) is 3. The third kappa shape index (κ3) is 2.09. The quantitative estimate of drug-likeness (QED) is 0.781. The third-order valence-corrected chi connectivity index (χ3v) is 3.10. The molecule has 0 amide bonds. The average Bonchev–Trinajstić information content (AvgIpc) is 2.70. The Morgan fingerprint density at radius 1 is 1.15 bits per heavy atom. The summed E-state index contributed by atoms with van der Waals surface area (Å²) in [5, 5.41) is 0. The average molecular weight is 274 g/mol. The lowest BCUT2D eigenvalue weighted by Gasteiger charge is -2.07. The Labute approximate surface area is 113 Å². The van der Waals surface area contributed by atoms with Crippen molar-refractivity contribution in [2.75, 3.05) is 5.73 Å². The summed E-state index contributed by atoms with van der Waals surface area (Å²) in [7, 11) is 0. The zero-order chi connectivity index (χ0) is 14.3. The predicted molar refractivity (Wildman–Crippen MR) is 72.1 cm³/mol. The predicted octanol–water partition coefficient (Wildman–Crippen LogP) is 2.65. The molecule has 1 aromatic carbocycles. The van der Waals surface area contributed by atoms with Crippen LogP contribution < -0.4 is 5.73 Å². The lowest BCUT2D eigenvalue weighted by atomic mass is 10.2. The first-order valence-corrected chi connectivity index (χ1v) is 6.08. The van der Waals surface area contributed by atoms with Crippen molar-refractivity contribution in [3.63, 3.8) is 0 Å². The molecule has 0 unspecified atom stereocenters. The first-order valence-electron chi connectivity index (χ1n) is 6.08. The minimum Gasteiger partial charge on any atom is -0.369 e. The molecule has 0 radical (unpaired) electrons. The Morgan fingerprint density at radius 2 is 1.95 bits per heavy atom. The number of nitrogens with two attached hydrogens (primary N) is 1. The number of anilines is 1. The van der Waals surface area contributed by atoms with Gasteiger partial charge < -0.3 is 5.73 Å². The van der Waals surface area contributed by atoms with E-state index in [-0.39, 0.29) is 18.1 Å². The number of aryl methyl sites for hydroxylation is 1. The molecule has 2 aromatic heterocycles. The van der Waals surface area contributed by atoms with Gasteiger partial charge >= 0.3 is 0 Å². The number of hydrogen-bond donors (Lipinski definition) is 1. The molecule has 2 N–H and O–H groups in total. The second-order valence-electron chi connectivity index (χ2n) is 4.59. The van der Waals surface area contributed by atoms with E-state index < -0.39 is 11.6 Å². The Hall–Kier alpha value is -2.50. The van der Waals surface area contributed by atoms with Crippen LogP contribution in [0.1, 0.15) is 11.3 Å². The van der Waals surface area contributed by atoms with E-state index in [1.54, 1.807) is 10.6 Å². The van der Waals surface area contributed by atoms with Gasteiger partial charge in [0.2, 0.25) is 5.95 Å². The topological polar surface area (TPSA) is 56.7 Å². The number of nitrogens with zero attached hydrogens (tertiary/aromatic N) is 3. The van der Waals surface area contributed by atoms with Crippen LogP contribution in [0.25, 0.3) is 11.2 Å². The van der Waals surface area contributed by atoms with Crippen molar-refractivity contribution < 1.29 is 8.78 Å². The number of pyridine rings is 1. The fraction of sp³-hybridized carbons (Fsp3) is 0.143. The molecule has 102 valence electrons. The van der Waals surface area contributed by atoms with Gasteiger partial charge in [0.05, 0.1) is 6.54 Å². The highest BCUT2D eigenvalue weighted by atomic mass is 19.1. The molecule has 20 heavy (non-hydrogen) atoms. The first kappa shape index (κ1) is 12.5. The van der Waals surface area contributed by atoms with Crippen LogP contribution in [-0.2, 0) is 6.54 Å². The molecular formula is C14H12F2N4. The van der Waals surface area contributed by atoms with Gasteiger partial charge in [0.25, 0.3) is 0 Å². The molecular weight excluding hydrogens is 262 g/mol. The smallest absolute Gasteiger partial charge is 0.202 e. The fourth-order valence-electron chi connectivity index (χ4n) is 2.10. The van der Waals surface area contributed by atoms with Crippen LogP contribution in [0.15, 0.2) is 30.3 Å². The van der Waals surface area contributed by atoms with Gasteiger partial charge in [-0.15, -0.1) is 0 Å². The van der Waals surface area contributed by atoms with Crippen molar-refractivity contribution in [2.24, 2.45) is 0 Å². The van der Waals surface area contributed by atoms with Crippen molar-refractivity contribution in [1.82, 2.24) is 14.5 Å². The van der Waals surface area contributed by atoms with Crippen molar-refractivity contribution in [2.45, 2.75) is 13.5 Å². The summed E-state index contributed by atoms with van der Waals surface area (Å²) >= 11 is 0. The number of halogens is 2. The number of imidazole rings is 1. The van der Waals surface area contributed by atoms with Crippen molar-refractivity contribution in [3.05, 3.63) is 53.2 Å². The summed E-state index contributed by atoms with van der Waals surface area (Å²) in [5.41, 5.74) is 8.04. The van der Waals surface area contributed by atoms with E-state index in [0.29, 0.717) is 11.2 Å². The lowest BCUT2D eigenvalue weighted by molar-refractivity contribution is 0.579. The van der Waals surface area contributed by atoms with E-state index >= 15 is 0 Å². The number of rotatable bonds is 2. The number of benzene rings is 1. The molecule has 0 aliphatic heterocycles. The third-order valence-electron chi connectivity index (χ3n) is 3.10. The highest BCUT2D eigenvalue weighted by Crippen LogP contribution is 2.19. The van der Waals surface area contributed by atoms with E-state index in [9.17, 15) is 8.78 Å². The molecule has 4 nitrogen and oxygen atoms in total. The molecule has 0 atom stereocenters. The van der Waals surface area contributed by atoms with Gasteiger partial charge in [-0.3, -0.25) is 4.57 Å². The van der Waals surface area contributed by atoms with Gasteiger partial charge in [0, 0.05) is 11.3 Å². The van der Waals surface area contributed by atoms with Gasteiger partial charge in [-0.1, -0.05) is 0 Å². The van der Waals surface area contributed by atoms with Crippen LogP contribution in [0.5, 0.6) is 0 Å². The summed E-state index contributed by atoms with van der Waals surface area (Å²) in [4.78, 5) is 8.51.